The third kappa shape index (κ3) is 4.07. The van der Waals surface area contributed by atoms with Crippen molar-refractivity contribution in [3.8, 4) is 5.75 Å². The summed E-state index contributed by atoms with van der Waals surface area (Å²) in [5.74, 6) is 0.847. The van der Waals surface area contributed by atoms with Crippen molar-refractivity contribution in [2.75, 3.05) is 0 Å². The second kappa shape index (κ2) is 6.03. The quantitative estimate of drug-likeness (QED) is 0.866. The van der Waals surface area contributed by atoms with Crippen LogP contribution in [0.1, 0.15) is 25.8 Å². The van der Waals surface area contributed by atoms with Crippen molar-refractivity contribution in [2.24, 2.45) is 11.7 Å². The molecule has 0 spiro atoms. The zero-order chi connectivity index (χ0) is 12.3. The van der Waals surface area contributed by atoms with Crippen LogP contribution in [0.25, 0.3) is 0 Å². The van der Waals surface area contributed by atoms with Crippen molar-refractivity contribution in [2.45, 2.75) is 32.7 Å². The fourth-order valence-corrected chi connectivity index (χ4v) is 3.01. The Balaban J connectivity index is 2.74. The van der Waals surface area contributed by atoms with Crippen molar-refractivity contribution in [3.63, 3.8) is 0 Å². The van der Waals surface area contributed by atoms with Gasteiger partial charge in [0.1, 0.15) is 5.75 Å². The van der Waals surface area contributed by atoms with Crippen LogP contribution in [0, 0.1) is 5.92 Å². The van der Waals surface area contributed by atoms with Gasteiger partial charge in [-0.25, -0.2) is 0 Å². The van der Waals surface area contributed by atoms with Crippen LogP contribution in [-0.4, -0.2) is 11.1 Å². The molecular weight excluding hydrogens is 334 g/mol. The average molecular weight is 351 g/mol. The van der Waals surface area contributed by atoms with E-state index in [1.165, 1.54) is 0 Å². The van der Waals surface area contributed by atoms with Crippen LogP contribution < -0.4 is 5.73 Å². The fourth-order valence-electron chi connectivity index (χ4n) is 1.73. The predicted octanol–water partition coefficient (Wildman–Crippen LogP) is 3.83. The van der Waals surface area contributed by atoms with E-state index in [0.717, 1.165) is 18.4 Å². The number of phenols is 1. The normalized spacial score (nSPS) is 13.1. The molecule has 0 aliphatic rings. The summed E-state index contributed by atoms with van der Waals surface area (Å²) in [5.41, 5.74) is 7.18. The van der Waals surface area contributed by atoms with Crippen molar-refractivity contribution < 1.29 is 5.11 Å². The van der Waals surface area contributed by atoms with E-state index in [9.17, 15) is 5.11 Å². The topological polar surface area (TPSA) is 46.2 Å². The molecular formula is C12H17Br2NO. The van der Waals surface area contributed by atoms with Gasteiger partial charge in [0.15, 0.2) is 0 Å². The van der Waals surface area contributed by atoms with Gasteiger partial charge in [-0.3, -0.25) is 0 Å². The van der Waals surface area contributed by atoms with E-state index < -0.39 is 0 Å². The number of nitrogens with two attached hydrogens (primary N) is 1. The monoisotopic (exact) mass is 349 g/mol. The van der Waals surface area contributed by atoms with Gasteiger partial charge in [0.05, 0.1) is 8.95 Å². The van der Waals surface area contributed by atoms with Crippen LogP contribution in [0.5, 0.6) is 5.75 Å². The second-order valence-electron chi connectivity index (χ2n) is 4.50. The van der Waals surface area contributed by atoms with E-state index in [-0.39, 0.29) is 11.8 Å². The molecule has 2 nitrogen and oxygen atoms in total. The Kier molecular flexibility index (Phi) is 5.28. The minimum atomic E-state index is 0.170. The maximum absolute atomic E-state index is 9.59. The van der Waals surface area contributed by atoms with Crippen molar-refractivity contribution in [3.05, 3.63) is 26.6 Å². The maximum atomic E-state index is 9.59. The summed E-state index contributed by atoms with van der Waals surface area (Å²) < 4.78 is 1.40. The van der Waals surface area contributed by atoms with E-state index >= 15 is 0 Å². The van der Waals surface area contributed by atoms with Gasteiger partial charge < -0.3 is 10.8 Å². The molecule has 0 bridgehead atoms. The van der Waals surface area contributed by atoms with E-state index in [1.807, 2.05) is 12.1 Å². The molecule has 1 aromatic carbocycles. The minimum absolute atomic E-state index is 0.170. The van der Waals surface area contributed by atoms with Gasteiger partial charge in [-0.05, 0) is 68.3 Å². The highest BCUT2D eigenvalue weighted by atomic mass is 79.9. The summed E-state index contributed by atoms with van der Waals surface area (Å²) in [6.45, 7) is 4.34. The van der Waals surface area contributed by atoms with E-state index in [0.29, 0.717) is 14.9 Å². The first-order chi connectivity index (χ1) is 7.40. The Bertz CT molecular complexity index is 343. The molecule has 0 aliphatic heterocycles. The summed E-state index contributed by atoms with van der Waals surface area (Å²) in [5, 5.41) is 9.59. The van der Waals surface area contributed by atoms with Gasteiger partial charge in [0.2, 0.25) is 0 Å². The molecule has 0 saturated heterocycles. The van der Waals surface area contributed by atoms with Crippen LogP contribution in [0.3, 0.4) is 0 Å². The first kappa shape index (κ1) is 14.0. The highest BCUT2D eigenvalue weighted by Gasteiger charge is 2.10. The average Bonchev–Trinajstić information content (AvgIpc) is 2.12. The predicted molar refractivity (Wildman–Crippen MR) is 74.6 cm³/mol. The van der Waals surface area contributed by atoms with Crippen LogP contribution in [0.2, 0.25) is 0 Å². The van der Waals surface area contributed by atoms with Crippen molar-refractivity contribution >= 4 is 31.9 Å². The molecule has 0 radical (unpaired) electrons. The summed E-state index contributed by atoms with van der Waals surface area (Å²) in [6, 6.07) is 4.00. The van der Waals surface area contributed by atoms with Crippen molar-refractivity contribution in [1.29, 1.82) is 0 Å². The molecule has 3 N–H and O–H groups in total. The minimum Gasteiger partial charge on any atom is -0.506 e. The molecule has 0 saturated carbocycles. The largest absolute Gasteiger partial charge is 0.506 e. The summed E-state index contributed by atoms with van der Waals surface area (Å²) in [7, 11) is 0. The standard InChI is InChI=1S/C12H17Br2NO/c1-7(2)3-9(15)4-8-5-10(13)12(16)11(14)6-8/h5-7,9,16H,3-4,15H2,1-2H3/t9-/m1/s1. The third-order valence-corrected chi connectivity index (χ3v) is 3.56. The zero-order valence-electron chi connectivity index (χ0n) is 9.50. The highest BCUT2D eigenvalue weighted by molar-refractivity contribution is 9.11. The van der Waals surface area contributed by atoms with Gasteiger partial charge in [-0.2, -0.15) is 0 Å². The van der Waals surface area contributed by atoms with Gasteiger partial charge in [-0.1, -0.05) is 13.8 Å². The molecule has 1 atom stereocenters. The second-order valence-corrected chi connectivity index (χ2v) is 6.21. The molecule has 0 heterocycles. The Morgan fingerprint density at radius 3 is 2.19 bits per heavy atom. The number of benzene rings is 1. The molecule has 1 rings (SSSR count). The molecule has 90 valence electrons. The van der Waals surface area contributed by atoms with Crippen molar-refractivity contribution in [1.82, 2.24) is 0 Å². The fraction of sp³-hybridized carbons (Fsp3) is 0.500. The lowest BCUT2D eigenvalue weighted by Gasteiger charge is -2.14. The highest BCUT2D eigenvalue weighted by Crippen LogP contribution is 2.33. The van der Waals surface area contributed by atoms with Crippen LogP contribution >= 0.6 is 31.9 Å². The van der Waals surface area contributed by atoms with E-state index in [1.54, 1.807) is 0 Å². The smallest absolute Gasteiger partial charge is 0.143 e. The Morgan fingerprint density at radius 1 is 1.25 bits per heavy atom. The number of aromatic hydroxyl groups is 1. The first-order valence-corrected chi connectivity index (χ1v) is 6.91. The van der Waals surface area contributed by atoms with Crippen LogP contribution in [-0.2, 0) is 6.42 Å². The Hall–Kier alpha value is -0.0600. The van der Waals surface area contributed by atoms with Gasteiger partial charge >= 0.3 is 0 Å². The molecule has 0 amide bonds. The summed E-state index contributed by atoms with van der Waals surface area (Å²) >= 11 is 6.63. The third-order valence-electron chi connectivity index (χ3n) is 2.35. The molecule has 4 heteroatoms. The number of hydrogen-bond acceptors (Lipinski definition) is 2. The number of halogens is 2. The number of rotatable bonds is 4. The lowest BCUT2D eigenvalue weighted by atomic mass is 9.98. The first-order valence-electron chi connectivity index (χ1n) is 5.32. The molecule has 0 fully saturated rings. The lowest BCUT2D eigenvalue weighted by molar-refractivity contribution is 0.467. The number of phenolic OH excluding ortho intramolecular Hbond substituents is 1. The molecule has 16 heavy (non-hydrogen) atoms. The zero-order valence-corrected chi connectivity index (χ0v) is 12.7. The SMILES string of the molecule is CC(C)C[C@@H](N)Cc1cc(Br)c(O)c(Br)c1. The van der Waals surface area contributed by atoms with Gasteiger partial charge in [0, 0.05) is 6.04 Å². The molecule has 0 aliphatic carbocycles. The van der Waals surface area contributed by atoms with Gasteiger partial charge in [0.25, 0.3) is 0 Å². The summed E-state index contributed by atoms with van der Waals surface area (Å²) in [4.78, 5) is 0. The lowest BCUT2D eigenvalue weighted by Crippen LogP contribution is -2.24. The van der Waals surface area contributed by atoms with Gasteiger partial charge in [-0.15, -0.1) is 0 Å². The molecule has 0 unspecified atom stereocenters. The van der Waals surface area contributed by atoms with Crippen LogP contribution in [0.4, 0.5) is 0 Å². The number of hydrogen-bond donors (Lipinski definition) is 2. The molecule has 0 aromatic heterocycles. The Morgan fingerprint density at radius 2 is 1.75 bits per heavy atom. The molecule has 1 aromatic rings. The van der Waals surface area contributed by atoms with E-state index in [2.05, 4.69) is 45.7 Å². The Labute approximate surface area is 113 Å². The maximum Gasteiger partial charge on any atom is 0.143 e. The van der Waals surface area contributed by atoms with E-state index in [4.69, 9.17) is 5.73 Å². The van der Waals surface area contributed by atoms with Crippen LogP contribution in [0.15, 0.2) is 21.1 Å². The summed E-state index contributed by atoms with van der Waals surface area (Å²) in [6.07, 6.45) is 1.84.